The number of aryl methyl sites for hydroxylation is 2. The SMILES string of the molecule is Cc1cccc(C)c1NC(=O)CSc1nnc(-c2ccc(C(C)C)cc2)n1C. The Bertz CT molecular complexity index is 956. The minimum atomic E-state index is -0.0479. The number of anilines is 1. The summed E-state index contributed by atoms with van der Waals surface area (Å²) in [6.45, 7) is 8.34. The number of carbonyl (C=O) groups excluding carboxylic acids is 1. The number of benzene rings is 2. The third kappa shape index (κ3) is 4.44. The van der Waals surface area contributed by atoms with Gasteiger partial charge in [-0.05, 0) is 36.5 Å². The number of hydrogen-bond donors (Lipinski definition) is 1. The van der Waals surface area contributed by atoms with Crippen LogP contribution < -0.4 is 5.32 Å². The van der Waals surface area contributed by atoms with Gasteiger partial charge in [0.05, 0.1) is 5.75 Å². The Balaban J connectivity index is 1.66. The van der Waals surface area contributed by atoms with Crippen molar-refractivity contribution in [2.45, 2.75) is 38.8 Å². The molecule has 6 heteroatoms. The minimum absolute atomic E-state index is 0.0479. The number of thioether (sulfide) groups is 1. The van der Waals surface area contributed by atoms with E-state index in [-0.39, 0.29) is 11.7 Å². The molecule has 0 fully saturated rings. The number of aromatic nitrogens is 3. The molecule has 0 saturated carbocycles. The molecule has 146 valence electrons. The van der Waals surface area contributed by atoms with Crippen LogP contribution in [0.1, 0.15) is 36.5 Å². The van der Waals surface area contributed by atoms with E-state index in [1.165, 1.54) is 17.3 Å². The average molecular weight is 395 g/mol. The quantitative estimate of drug-likeness (QED) is 0.601. The van der Waals surface area contributed by atoms with Gasteiger partial charge in [0.25, 0.3) is 0 Å². The Morgan fingerprint density at radius 1 is 1.07 bits per heavy atom. The van der Waals surface area contributed by atoms with E-state index in [1.807, 2.05) is 43.7 Å². The van der Waals surface area contributed by atoms with Gasteiger partial charge in [-0.15, -0.1) is 10.2 Å². The van der Waals surface area contributed by atoms with Crippen LogP contribution in [0.2, 0.25) is 0 Å². The second-order valence-corrected chi connectivity index (χ2v) is 8.19. The van der Waals surface area contributed by atoms with Gasteiger partial charge in [-0.25, -0.2) is 0 Å². The molecule has 0 spiro atoms. The first-order chi connectivity index (χ1) is 13.4. The van der Waals surface area contributed by atoms with Gasteiger partial charge in [-0.3, -0.25) is 4.79 Å². The lowest BCUT2D eigenvalue weighted by atomic mass is 10.0. The zero-order valence-corrected chi connectivity index (χ0v) is 17.8. The maximum Gasteiger partial charge on any atom is 0.234 e. The average Bonchev–Trinajstić information content (AvgIpc) is 3.04. The first-order valence-electron chi connectivity index (χ1n) is 9.35. The predicted octanol–water partition coefficient (Wildman–Crippen LogP) is 4.95. The molecule has 1 N–H and O–H groups in total. The van der Waals surface area contributed by atoms with Gasteiger partial charge in [-0.1, -0.05) is 68.1 Å². The van der Waals surface area contributed by atoms with E-state index in [9.17, 15) is 4.79 Å². The molecule has 1 heterocycles. The Kier molecular flexibility index (Phi) is 6.19. The van der Waals surface area contributed by atoms with Crippen molar-refractivity contribution in [2.24, 2.45) is 7.05 Å². The van der Waals surface area contributed by atoms with Gasteiger partial charge in [0.1, 0.15) is 0 Å². The summed E-state index contributed by atoms with van der Waals surface area (Å²) in [6, 6.07) is 14.4. The molecule has 28 heavy (non-hydrogen) atoms. The van der Waals surface area contributed by atoms with Crippen molar-refractivity contribution in [3.8, 4) is 11.4 Å². The molecular weight excluding hydrogens is 368 g/mol. The molecule has 1 aromatic heterocycles. The zero-order valence-electron chi connectivity index (χ0n) is 17.0. The maximum atomic E-state index is 12.4. The van der Waals surface area contributed by atoms with Crippen LogP contribution in [0.5, 0.6) is 0 Å². The lowest BCUT2D eigenvalue weighted by Crippen LogP contribution is -2.16. The molecule has 0 aliphatic rings. The largest absolute Gasteiger partial charge is 0.325 e. The monoisotopic (exact) mass is 394 g/mol. The maximum absolute atomic E-state index is 12.4. The van der Waals surface area contributed by atoms with E-state index in [0.717, 1.165) is 33.4 Å². The number of hydrogen-bond acceptors (Lipinski definition) is 4. The molecule has 0 bridgehead atoms. The van der Waals surface area contributed by atoms with Gasteiger partial charge in [0, 0.05) is 18.3 Å². The molecule has 0 saturated heterocycles. The van der Waals surface area contributed by atoms with Crippen molar-refractivity contribution in [3.63, 3.8) is 0 Å². The van der Waals surface area contributed by atoms with Crippen LogP contribution >= 0.6 is 11.8 Å². The second kappa shape index (κ2) is 8.61. The highest BCUT2D eigenvalue weighted by molar-refractivity contribution is 7.99. The number of amides is 1. The van der Waals surface area contributed by atoms with Crippen LogP contribution in [0.25, 0.3) is 11.4 Å². The highest BCUT2D eigenvalue weighted by Gasteiger charge is 2.14. The lowest BCUT2D eigenvalue weighted by Gasteiger charge is -2.11. The molecule has 1 amide bonds. The standard InChI is InChI=1S/C22H26N4OS/c1-14(2)17-9-11-18(12-10-17)21-24-25-22(26(21)5)28-13-19(27)23-20-15(3)7-6-8-16(20)4/h6-12,14H,13H2,1-5H3,(H,23,27). The van der Waals surface area contributed by atoms with Crippen LogP contribution in [0.3, 0.4) is 0 Å². The van der Waals surface area contributed by atoms with Gasteiger partial charge in [-0.2, -0.15) is 0 Å². The van der Waals surface area contributed by atoms with Crippen molar-refractivity contribution in [3.05, 3.63) is 59.2 Å². The molecule has 0 aliphatic heterocycles. The molecule has 0 radical (unpaired) electrons. The van der Waals surface area contributed by atoms with Crippen LogP contribution in [0.4, 0.5) is 5.69 Å². The highest BCUT2D eigenvalue weighted by Crippen LogP contribution is 2.25. The van der Waals surface area contributed by atoms with E-state index in [2.05, 4.69) is 53.6 Å². The van der Waals surface area contributed by atoms with E-state index in [4.69, 9.17) is 0 Å². The number of rotatable bonds is 6. The second-order valence-electron chi connectivity index (χ2n) is 7.25. The number of carbonyl (C=O) groups is 1. The summed E-state index contributed by atoms with van der Waals surface area (Å²) in [7, 11) is 1.93. The van der Waals surface area contributed by atoms with Crippen molar-refractivity contribution in [1.29, 1.82) is 0 Å². The molecule has 2 aromatic carbocycles. The molecule has 3 rings (SSSR count). The normalized spacial score (nSPS) is 11.1. The molecule has 3 aromatic rings. The summed E-state index contributed by atoms with van der Waals surface area (Å²) >= 11 is 1.39. The van der Waals surface area contributed by atoms with Crippen LogP contribution in [0.15, 0.2) is 47.6 Å². The number of nitrogens with one attached hydrogen (secondary N) is 1. The van der Waals surface area contributed by atoms with Gasteiger partial charge in [0.15, 0.2) is 11.0 Å². The van der Waals surface area contributed by atoms with E-state index in [0.29, 0.717) is 5.92 Å². The minimum Gasteiger partial charge on any atom is -0.325 e. The van der Waals surface area contributed by atoms with Crippen molar-refractivity contribution >= 4 is 23.4 Å². The topological polar surface area (TPSA) is 59.8 Å². The summed E-state index contributed by atoms with van der Waals surface area (Å²) in [4.78, 5) is 12.4. The first-order valence-corrected chi connectivity index (χ1v) is 10.3. The van der Waals surface area contributed by atoms with E-state index in [1.54, 1.807) is 0 Å². The summed E-state index contributed by atoms with van der Waals surface area (Å²) in [5.74, 6) is 1.53. The number of para-hydroxylation sites is 1. The fourth-order valence-corrected chi connectivity index (χ4v) is 3.74. The Morgan fingerprint density at radius 2 is 1.71 bits per heavy atom. The lowest BCUT2D eigenvalue weighted by molar-refractivity contribution is -0.113. The Morgan fingerprint density at radius 3 is 2.32 bits per heavy atom. The fraction of sp³-hybridized carbons (Fsp3) is 0.318. The van der Waals surface area contributed by atoms with E-state index < -0.39 is 0 Å². The summed E-state index contributed by atoms with van der Waals surface area (Å²) in [6.07, 6.45) is 0. The fourth-order valence-electron chi connectivity index (χ4n) is 3.03. The van der Waals surface area contributed by atoms with Crippen LogP contribution in [-0.2, 0) is 11.8 Å². The third-order valence-corrected chi connectivity index (χ3v) is 5.77. The van der Waals surface area contributed by atoms with Crippen LogP contribution in [0, 0.1) is 13.8 Å². The van der Waals surface area contributed by atoms with Gasteiger partial charge < -0.3 is 9.88 Å². The zero-order chi connectivity index (χ0) is 20.3. The number of nitrogens with zero attached hydrogens (tertiary/aromatic N) is 3. The Hall–Kier alpha value is -2.60. The molecular formula is C22H26N4OS. The van der Waals surface area contributed by atoms with Crippen molar-refractivity contribution in [2.75, 3.05) is 11.1 Å². The first kappa shape index (κ1) is 20.1. The summed E-state index contributed by atoms with van der Waals surface area (Å²) in [5, 5.41) is 12.3. The Labute approximate surface area is 170 Å². The van der Waals surface area contributed by atoms with Crippen LogP contribution in [-0.4, -0.2) is 26.4 Å². The molecule has 0 atom stereocenters. The molecule has 0 unspecified atom stereocenters. The van der Waals surface area contributed by atoms with E-state index >= 15 is 0 Å². The smallest absolute Gasteiger partial charge is 0.234 e. The highest BCUT2D eigenvalue weighted by atomic mass is 32.2. The molecule has 5 nitrogen and oxygen atoms in total. The predicted molar refractivity (Wildman–Crippen MR) is 116 cm³/mol. The summed E-state index contributed by atoms with van der Waals surface area (Å²) in [5.41, 5.74) is 5.32. The molecule has 0 aliphatic carbocycles. The van der Waals surface area contributed by atoms with Gasteiger partial charge >= 0.3 is 0 Å². The van der Waals surface area contributed by atoms with Crippen molar-refractivity contribution in [1.82, 2.24) is 14.8 Å². The third-order valence-electron chi connectivity index (χ3n) is 4.75. The van der Waals surface area contributed by atoms with Gasteiger partial charge in [0.2, 0.25) is 5.91 Å². The van der Waals surface area contributed by atoms with Crippen molar-refractivity contribution < 1.29 is 4.79 Å². The summed E-state index contributed by atoms with van der Waals surface area (Å²) < 4.78 is 1.93.